The van der Waals surface area contributed by atoms with Crippen LogP contribution in [-0.4, -0.2) is 63.3 Å². The summed E-state index contributed by atoms with van der Waals surface area (Å²) in [5.41, 5.74) is 4.95. The summed E-state index contributed by atoms with van der Waals surface area (Å²) in [5, 5.41) is 33.9. The first-order chi connectivity index (χ1) is 23.5. The molecule has 0 bridgehead atoms. The normalized spacial score (nSPS) is 11.9. The first-order valence-electron chi connectivity index (χ1n) is 14.2. The quantitative estimate of drug-likeness (QED) is 0.0826. The van der Waals surface area contributed by atoms with Crippen molar-refractivity contribution in [2.75, 3.05) is 5.73 Å². The highest BCUT2D eigenvalue weighted by atomic mass is 32.2. The van der Waals surface area contributed by atoms with E-state index < -0.39 is 69.9 Å². The monoisotopic (exact) mass is 717 g/mol. The molecule has 1 aliphatic carbocycles. The number of hydrogen-bond donors (Lipinski definition) is 5. The maximum absolute atomic E-state index is 13.2. The molecule has 1 aliphatic heterocycles. The topological polar surface area (TPSA) is 294 Å². The summed E-state index contributed by atoms with van der Waals surface area (Å²) in [4.78, 5) is 23.8. The Bertz CT molecular complexity index is 2630. The summed E-state index contributed by atoms with van der Waals surface area (Å²) in [6.45, 7) is 1.71. The lowest BCUT2D eigenvalue weighted by atomic mass is 9.89. The molecular weight excluding hydrogens is 695 g/mol. The van der Waals surface area contributed by atoms with Gasteiger partial charge in [0.25, 0.3) is 5.91 Å². The standard InChI is InChI=1S/C31H23N7O10S2/c1-14-35-37-29(38-36-14)16-4-2-15(3-5-16)13-34-30(39)17-6-7-18(21(12-17)31(40)41)24-19-8-10-22(32)27(49(42,43)44)25(19)48-26-20(24)9-11-23(33)28(26)50(45,46)47/h2-12,32H,13,33H2,1H3,(H,34,39)(H,40,41)(H,42,43,44)(H,45,46,47). The van der Waals surface area contributed by atoms with E-state index in [1.165, 1.54) is 24.3 Å². The van der Waals surface area contributed by atoms with E-state index in [1.807, 2.05) is 0 Å². The number of aromatic nitrogens is 4. The highest BCUT2D eigenvalue weighted by molar-refractivity contribution is 7.86. The van der Waals surface area contributed by atoms with E-state index in [9.17, 15) is 40.6 Å². The molecule has 3 aromatic carbocycles. The second kappa shape index (κ2) is 12.4. The number of carboxylic acids is 1. The van der Waals surface area contributed by atoms with Gasteiger partial charge in [-0.25, -0.2) is 13.2 Å². The van der Waals surface area contributed by atoms with Gasteiger partial charge in [0.1, 0.15) is 15.0 Å². The SMILES string of the molecule is Cc1nnc(-c2ccc(CNC(=O)c3ccc(-c4c5ccc(=[NH2+])c(S(=O)(=O)O)c-5oc5c(S(=O)(=O)[O-])c(N)ccc45)c(C(=O)O)c3)cc2)nn1. The number of carbonyl (C=O) groups excluding carboxylic acids is 1. The van der Waals surface area contributed by atoms with Crippen molar-refractivity contribution < 1.29 is 50.5 Å². The molecule has 0 atom stereocenters. The second-order valence-electron chi connectivity index (χ2n) is 10.8. The van der Waals surface area contributed by atoms with Gasteiger partial charge in [-0.05, 0) is 48.4 Å². The summed E-state index contributed by atoms with van der Waals surface area (Å²) in [7, 11) is -10.5. The molecule has 2 aliphatic rings. The number of anilines is 1. The molecule has 0 unspecified atom stereocenters. The van der Waals surface area contributed by atoms with E-state index in [-0.39, 0.29) is 34.2 Å². The van der Waals surface area contributed by atoms with Crippen LogP contribution < -0.4 is 21.8 Å². The number of carboxylic acid groups (broad SMARTS) is 1. The molecule has 50 heavy (non-hydrogen) atoms. The van der Waals surface area contributed by atoms with Crippen molar-refractivity contribution in [2.45, 2.75) is 23.3 Å². The van der Waals surface area contributed by atoms with Crippen molar-refractivity contribution in [2.24, 2.45) is 0 Å². The Labute approximate surface area is 281 Å². The summed E-state index contributed by atoms with van der Waals surface area (Å²) < 4.78 is 77.4. The number of nitrogens with two attached hydrogens (primary N) is 2. The lowest BCUT2D eigenvalue weighted by Gasteiger charge is -2.21. The number of benzene rings is 4. The van der Waals surface area contributed by atoms with Crippen LogP contribution in [0.3, 0.4) is 0 Å². The van der Waals surface area contributed by atoms with Crippen LogP contribution in [0.1, 0.15) is 32.1 Å². The average molecular weight is 718 g/mol. The molecular formula is C31H23N7O10S2. The predicted octanol–water partition coefficient (Wildman–Crippen LogP) is 0.781. The van der Waals surface area contributed by atoms with E-state index in [0.717, 1.165) is 18.2 Å². The van der Waals surface area contributed by atoms with Gasteiger partial charge in [-0.1, -0.05) is 30.3 Å². The average Bonchev–Trinajstić information content (AvgIpc) is 3.05. The number of carbonyl (C=O) groups is 2. The van der Waals surface area contributed by atoms with Crippen LogP contribution in [0.25, 0.3) is 44.8 Å². The summed E-state index contributed by atoms with van der Waals surface area (Å²) in [6.07, 6.45) is 0. The van der Waals surface area contributed by atoms with Crippen LogP contribution >= 0.6 is 0 Å². The number of nitrogen functional groups attached to an aromatic ring is 1. The van der Waals surface area contributed by atoms with Gasteiger partial charge in [0.2, 0.25) is 16.1 Å². The Balaban J connectivity index is 1.45. The Kier molecular flexibility index (Phi) is 8.36. The highest BCUT2D eigenvalue weighted by Crippen LogP contribution is 2.45. The number of fused-ring (bicyclic) bond motifs is 2. The van der Waals surface area contributed by atoms with Gasteiger partial charge in [0.15, 0.2) is 17.2 Å². The number of aromatic carboxylic acids is 1. The van der Waals surface area contributed by atoms with Crippen molar-refractivity contribution in [1.82, 2.24) is 25.7 Å². The molecule has 4 aromatic rings. The Hall–Kier alpha value is -6.15. The van der Waals surface area contributed by atoms with Crippen LogP contribution in [0.2, 0.25) is 0 Å². The molecule has 1 amide bonds. The lowest BCUT2D eigenvalue weighted by molar-refractivity contribution is -0.176. The third kappa shape index (κ3) is 6.23. The van der Waals surface area contributed by atoms with Gasteiger partial charge in [0, 0.05) is 40.3 Å². The van der Waals surface area contributed by atoms with Gasteiger partial charge < -0.3 is 25.1 Å². The molecule has 0 fully saturated rings. The van der Waals surface area contributed by atoms with Crippen molar-refractivity contribution in [3.8, 4) is 33.8 Å². The highest BCUT2D eigenvalue weighted by Gasteiger charge is 2.32. The minimum atomic E-state index is -5.37. The number of hydrogen-bond acceptors (Lipinski definition) is 13. The third-order valence-corrected chi connectivity index (χ3v) is 9.42. The van der Waals surface area contributed by atoms with Crippen molar-refractivity contribution in [3.63, 3.8) is 0 Å². The Morgan fingerprint density at radius 2 is 1.58 bits per heavy atom. The molecule has 1 aromatic heterocycles. The number of nitrogens with one attached hydrogen (secondary N) is 1. The van der Waals surface area contributed by atoms with Crippen molar-refractivity contribution in [3.05, 3.63) is 94.6 Å². The Morgan fingerprint density at radius 3 is 2.20 bits per heavy atom. The molecule has 0 radical (unpaired) electrons. The van der Waals surface area contributed by atoms with Gasteiger partial charge in [-0.3, -0.25) is 14.8 Å². The largest absolute Gasteiger partial charge is 0.744 e. The number of nitrogens with zero attached hydrogens (tertiary/aromatic N) is 4. The number of rotatable bonds is 8. The second-order valence-corrected chi connectivity index (χ2v) is 13.5. The molecule has 0 spiro atoms. The fraction of sp³-hybridized carbons (Fsp3) is 0.0645. The molecule has 19 heteroatoms. The van der Waals surface area contributed by atoms with Crippen LogP contribution in [0.15, 0.2) is 80.9 Å². The van der Waals surface area contributed by atoms with Crippen LogP contribution in [-0.2, 0) is 26.8 Å². The van der Waals surface area contributed by atoms with Gasteiger partial charge in [-0.2, -0.15) is 8.42 Å². The van der Waals surface area contributed by atoms with Crippen LogP contribution in [0.5, 0.6) is 0 Å². The summed E-state index contributed by atoms with van der Waals surface area (Å²) >= 11 is 0. The molecule has 6 rings (SSSR count). The van der Waals surface area contributed by atoms with E-state index in [0.29, 0.717) is 22.8 Å². The maximum atomic E-state index is 13.2. The minimum Gasteiger partial charge on any atom is -0.744 e. The third-order valence-electron chi connectivity index (χ3n) is 7.56. The van der Waals surface area contributed by atoms with Gasteiger partial charge >= 0.3 is 16.1 Å². The summed E-state index contributed by atoms with van der Waals surface area (Å²) in [6, 6.07) is 15.2. The van der Waals surface area contributed by atoms with Crippen LogP contribution in [0, 0.1) is 6.92 Å². The van der Waals surface area contributed by atoms with E-state index in [4.69, 9.17) is 15.6 Å². The zero-order valence-corrected chi connectivity index (χ0v) is 27.1. The molecule has 0 saturated carbocycles. The zero-order chi connectivity index (χ0) is 36.1. The zero-order valence-electron chi connectivity index (χ0n) is 25.5. The fourth-order valence-corrected chi connectivity index (χ4v) is 6.83. The molecule has 2 heterocycles. The first-order valence-corrected chi connectivity index (χ1v) is 17.0. The Morgan fingerprint density at radius 1 is 0.920 bits per heavy atom. The number of amides is 1. The van der Waals surface area contributed by atoms with Gasteiger partial charge in [-0.15, -0.1) is 20.4 Å². The molecule has 0 saturated heterocycles. The van der Waals surface area contributed by atoms with Crippen molar-refractivity contribution >= 4 is 48.8 Å². The van der Waals surface area contributed by atoms with Gasteiger partial charge in [0.05, 0.1) is 11.3 Å². The summed E-state index contributed by atoms with van der Waals surface area (Å²) in [5.74, 6) is -2.13. The fourth-order valence-electron chi connectivity index (χ4n) is 5.34. The van der Waals surface area contributed by atoms with Crippen molar-refractivity contribution in [1.29, 1.82) is 0 Å². The number of aryl methyl sites for hydroxylation is 1. The van der Waals surface area contributed by atoms with E-state index >= 15 is 0 Å². The molecule has 7 N–H and O–H groups in total. The predicted molar refractivity (Wildman–Crippen MR) is 171 cm³/mol. The van der Waals surface area contributed by atoms with E-state index in [2.05, 4.69) is 25.7 Å². The molecule has 254 valence electrons. The molecule has 17 nitrogen and oxygen atoms in total. The maximum Gasteiger partial charge on any atom is 0.336 e. The first kappa shape index (κ1) is 33.7. The van der Waals surface area contributed by atoms with Crippen LogP contribution in [0.4, 0.5) is 5.69 Å². The van der Waals surface area contributed by atoms with E-state index in [1.54, 1.807) is 31.2 Å². The smallest absolute Gasteiger partial charge is 0.336 e. The lowest BCUT2D eigenvalue weighted by Crippen LogP contribution is -2.47. The minimum absolute atomic E-state index is 0.0533.